The zero-order valence-corrected chi connectivity index (χ0v) is 17.0. The maximum Gasteiger partial charge on any atom is 0.0931 e. The topological polar surface area (TPSA) is 60.7 Å². The number of hydrogen-bond acceptors (Lipinski definition) is 4. The highest BCUT2D eigenvalue weighted by Gasteiger charge is 2.39. The third-order valence-electron chi connectivity index (χ3n) is 5.09. The van der Waals surface area contributed by atoms with E-state index in [1.165, 1.54) is 24.2 Å². The van der Waals surface area contributed by atoms with Gasteiger partial charge in [-0.25, -0.2) is 0 Å². The summed E-state index contributed by atoms with van der Waals surface area (Å²) < 4.78 is 0.767. The Morgan fingerprint density at radius 3 is 2.77 bits per heavy atom. The summed E-state index contributed by atoms with van der Waals surface area (Å²) in [5.41, 5.74) is 0. The molecular formula is C21H31ClO3S. The molecule has 1 aliphatic rings. The average Bonchev–Trinajstić information content (AvgIpc) is 3.14. The first kappa shape index (κ1) is 21.6. The van der Waals surface area contributed by atoms with Gasteiger partial charge in [0.1, 0.15) is 0 Å². The number of allylic oxidation sites excluding steroid dienone is 2. The van der Waals surface area contributed by atoms with E-state index in [-0.39, 0.29) is 11.8 Å². The molecule has 5 heteroatoms. The number of unbranched alkanes of at least 4 members (excludes halogenated alkanes) is 2. The lowest BCUT2D eigenvalue weighted by Crippen LogP contribution is -2.20. The lowest BCUT2D eigenvalue weighted by Gasteiger charge is -2.19. The highest BCUT2D eigenvalue weighted by Crippen LogP contribution is 2.36. The van der Waals surface area contributed by atoms with Crippen LogP contribution in [0.5, 0.6) is 0 Å². The predicted octanol–water partition coefficient (Wildman–Crippen LogP) is 4.75. The third-order valence-corrected chi connectivity index (χ3v) is 6.38. The van der Waals surface area contributed by atoms with E-state index in [1.54, 1.807) is 6.08 Å². The van der Waals surface area contributed by atoms with E-state index >= 15 is 0 Å². The van der Waals surface area contributed by atoms with Crippen LogP contribution in [-0.4, -0.2) is 33.6 Å². The highest BCUT2D eigenvalue weighted by atomic mass is 35.5. The second-order valence-electron chi connectivity index (χ2n) is 7.16. The number of aliphatic hydroxyl groups is 3. The Balaban J connectivity index is 1.84. The number of aryl methyl sites for hydroxylation is 1. The van der Waals surface area contributed by atoms with Crippen LogP contribution in [0.25, 0.3) is 0 Å². The van der Waals surface area contributed by atoms with Crippen molar-refractivity contribution in [3.05, 3.63) is 45.7 Å². The van der Waals surface area contributed by atoms with Crippen molar-refractivity contribution in [1.82, 2.24) is 0 Å². The van der Waals surface area contributed by atoms with Gasteiger partial charge in [0.25, 0.3) is 0 Å². The molecule has 1 aliphatic carbocycles. The molecule has 1 saturated carbocycles. The number of hydrogen-bond donors (Lipinski definition) is 3. The first-order valence-electron chi connectivity index (χ1n) is 9.63. The standard InChI is InChI=1S/C21H31ClO3S/c1-2-3-4-5-6-7-17-18(20(25)14-19(17)24)12-9-15(23)8-10-16-11-13-21(22)26-16/h5-6,9,11-13,15,17-20,23-25H,2-4,7-8,10,14H2,1H3/b6-5-,12-9+/t15-,17+,18+,19-,20+/m0/s1. The van der Waals surface area contributed by atoms with Gasteiger partial charge in [-0.3, -0.25) is 0 Å². The van der Waals surface area contributed by atoms with Crippen LogP contribution in [0.1, 0.15) is 50.3 Å². The highest BCUT2D eigenvalue weighted by molar-refractivity contribution is 7.16. The lowest BCUT2D eigenvalue weighted by atomic mass is 9.89. The minimum Gasteiger partial charge on any atom is -0.393 e. The van der Waals surface area contributed by atoms with Crippen LogP contribution in [0.15, 0.2) is 36.4 Å². The van der Waals surface area contributed by atoms with Gasteiger partial charge >= 0.3 is 0 Å². The second-order valence-corrected chi connectivity index (χ2v) is 8.96. The molecule has 26 heavy (non-hydrogen) atoms. The number of rotatable bonds is 10. The smallest absolute Gasteiger partial charge is 0.0931 e. The van der Waals surface area contributed by atoms with Gasteiger partial charge in [0.2, 0.25) is 0 Å². The second kappa shape index (κ2) is 11.3. The molecule has 0 bridgehead atoms. The zero-order valence-electron chi connectivity index (χ0n) is 15.4. The minimum atomic E-state index is -0.554. The van der Waals surface area contributed by atoms with Gasteiger partial charge in [-0.05, 0) is 43.7 Å². The van der Waals surface area contributed by atoms with E-state index in [0.717, 1.165) is 28.5 Å². The fraction of sp³-hybridized carbons (Fsp3) is 0.619. The van der Waals surface area contributed by atoms with Crippen molar-refractivity contribution in [2.24, 2.45) is 11.8 Å². The molecule has 0 aliphatic heterocycles. The van der Waals surface area contributed by atoms with E-state index in [2.05, 4.69) is 19.1 Å². The molecule has 1 heterocycles. The molecule has 0 spiro atoms. The van der Waals surface area contributed by atoms with Crippen molar-refractivity contribution < 1.29 is 15.3 Å². The van der Waals surface area contributed by atoms with Crippen LogP contribution in [0.4, 0.5) is 0 Å². The first-order valence-corrected chi connectivity index (χ1v) is 10.8. The SMILES string of the molecule is CCCC/C=C\C[C@@H]1[C@@H](/C=C/[C@@H](O)CCc2ccc(Cl)s2)[C@H](O)C[C@@H]1O. The molecule has 0 unspecified atom stereocenters. The van der Waals surface area contributed by atoms with Crippen LogP contribution in [0, 0.1) is 11.8 Å². The summed E-state index contributed by atoms with van der Waals surface area (Å²) in [6.45, 7) is 2.17. The predicted molar refractivity (Wildman–Crippen MR) is 110 cm³/mol. The Labute approximate surface area is 166 Å². The maximum absolute atomic E-state index is 10.3. The van der Waals surface area contributed by atoms with Crippen LogP contribution in [0.3, 0.4) is 0 Å². The molecule has 1 aromatic heterocycles. The molecule has 1 aromatic rings. The van der Waals surface area contributed by atoms with E-state index in [0.29, 0.717) is 12.8 Å². The minimum absolute atomic E-state index is 0.0161. The van der Waals surface area contributed by atoms with E-state index in [4.69, 9.17) is 11.6 Å². The molecule has 0 saturated heterocycles. The third kappa shape index (κ3) is 6.82. The van der Waals surface area contributed by atoms with Gasteiger partial charge in [0.05, 0.1) is 22.6 Å². The Morgan fingerprint density at radius 1 is 1.27 bits per heavy atom. The Kier molecular flexibility index (Phi) is 9.37. The Hall–Kier alpha value is -0.650. The fourth-order valence-corrected chi connectivity index (χ4v) is 4.63. The zero-order chi connectivity index (χ0) is 18.9. The van der Waals surface area contributed by atoms with Gasteiger partial charge < -0.3 is 15.3 Å². The number of thiophene rings is 1. The molecule has 3 N–H and O–H groups in total. The van der Waals surface area contributed by atoms with Crippen LogP contribution in [-0.2, 0) is 6.42 Å². The molecule has 0 amide bonds. The van der Waals surface area contributed by atoms with Crippen LogP contribution in [0.2, 0.25) is 4.34 Å². The normalized spacial score (nSPS) is 27.7. The van der Waals surface area contributed by atoms with E-state index in [1.807, 2.05) is 18.2 Å². The summed E-state index contributed by atoms with van der Waals surface area (Å²) in [6, 6.07) is 3.86. The number of aliphatic hydroxyl groups excluding tert-OH is 3. The van der Waals surface area contributed by atoms with Gasteiger partial charge in [0, 0.05) is 17.2 Å². The van der Waals surface area contributed by atoms with Crippen molar-refractivity contribution in [2.75, 3.05) is 0 Å². The van der Waals surface area contributed by atoms with Gasteiger partial charge in [-0.2, -0.15) is 0 Å². The molecule has 3 nitrogen and oxygen atoms in total. The van der Waals surface area contributed by atoms with Gasteiger partial charge in [0.15, 0.2) is 0 Å². The van der Waals surface area contributed by atoms with E-state index < -0.39 is 18.3 Å². The lowest BCUT2D eigenvalue weighted by molar-refractivity contribution is 0.120. The molecule has 0 radical (unpaired) electrons. The Morgan fingerprint density at radius 2 is 2.08 bits per heavy atom. The molecule has 0 aromatic carbocycles. The van der Waals surface area contributed by atoms with Crippen LogP contribution >= 0.6 is 22.9 Å². The van der Waals surface area contributed by atoms with Gasteiger partial charge in [-0.1, -0.05) is 55.7 Å². The quantitative estimate of drug-likeness (QED) is 0.394. The first-order chi connectivity index (χ1) is 12.5. The van der Waals surface area contributed by atoms with Crippen molar-refractivity contribution in [2.45, 2.75) is 70.2 Å². The largest absolute Gasteiger partial charge is 0.393 e. The number of halogens is 1. The van der Waals surface area contributed by atoms with E-state index in [9.17, 15) is 15.3 Å². The summed E-state index contributed by atoms with van der Waals surface area (Å²) in [5.74, 6) is -0.0888. The maximum atomic E-state index is 10.3. The molecule has 5 atom stereocenters. The Bertz CT molecular complexity index is 584. The molecule has 146 valence electrons. The van der Waals surface area contributed by atoms with Crippen molar-refractivity contribution in [1.29, 1.82) is 0 Å². The van der Waals surface area contributed by atoms with Crippen molar-refractivity contribution in [3.63, 3.8) is 0 Å². The monoisotopic (exact) mass is 398 g/mol. The molecule has 1 fully saturated rings. The summed E-state index contributed by atoms with van der Waals surface area (Å²) in [4.78, 5) is 1.16. The summed E-state index contributed by atoms with van der Waals surface area (Å²) in [6.07, 6.45) is 12.4. The molecular weight excluding hydrogens is 368 g/mol. The van der Waals surface area contributed by atoms with Gasteiger partial charge in [-0.15, -0.1) is 11.3 Å². The summed E-state index contributed by atoms with van der Waals surface area (Å²) >= 11 is 7.46. The van der Waals surface area contributed by atoms with Crippen molar-refractivity contribution >= 4 is 22.9 Å². The average molecular weight is 399 g/mol. The fourth-order valence-electron chi connectivity index (χ4n) is 3.53. The molecule has 2 rings (SSSR count). The van der Waals surface area contributed by atoms with Crippen LogP contribution < -0.4 is 0 Å². The van der Waals surface area contributed by atoms with Crippen molar-refractivity contribution in [3.8, 4) is 0 Å². The summed E-state index contributed by atoms with van der Waals surface area (Å²) in [7, 11) is 0. The summed E-state index contributed by atoms with van der Waals surface area (Å²) in [5, 5.41) is 30.7.